The highest BCUT2D eigenvalue weighted by atomic mass is 16.2. The van der Waals surface area contributed by atoms with Gasteiger partial charge >= 0.3 is 0 Å². The Hall–Kier alpha value is -2.44. The number of anilines is 1. The SMILES string of the molecule is C=CCC(NC(C)=O)C(=O)N1CCC(Nc2cccnn2)CC1. The fourth-order valence-corrected chi connectivity index (χ4v) is 2.69. The van der Waals surface area contributed by atoms with Crippen LogP contribution >= 0.6 is 0 Å². The van der Waals surface area contributed by atoms with Gasteiger partial charge in [0.15, 0.2) is 0 Å². The quantitative estimate of drug-likeness (QED) is 0.763. The summed E-state index contributed by atoms with van der Waals surface area (Å²) in [6, 6.07) is 3.46. The number of rotatable bonds is 6. The standard InChI is InChI=1S/C16H23N5O2/c1-3-5-14(18-12(2)22)16(23)21-10-7-13(8-11-21)19-15-6-4-9-17-20-15/h3-4,6,9,13-14H,1,5,7-8,10-11H2,2H3,(H,18,22)(H,19,20). The molecule has 7 nitrogen and oxygen atoms in total. The zero-order chi connectivity index (χ0) is 16.7. The fraction of sp³-hybridized carbons (Fsp3) is 0.500. The average Bonchev–Trinajstić information content (AvgIpc) is 2.55. The molecule has 2 rings (SSSR count). The highest BCUT2D eigenvalue weighted by Gasteiger charge is 2.28. The summed E-state index contributed by atoms with van der Waals surface area (Å²) in [7, 11) is 0. The molecule has 1 aliphatic rings. The summed E-state index contributed by atoms with van der Waals surface area (Å²) in [5, 5.41) is 13.9. The number of hydrogen-bond donors (Lipinski definition) is 2. The number of nitrogens with one attached hydrogen (secondary N) is 2. The lowest BCUT2D eigenvalue weighted by molar-refractivity contribution is -0.136. The van der Waals surface area contributed by atoms with Gasteiger partial charge < -0.3 is 15.5 Å². The molecule has 7 heteroatoms. The van der Waals surface area contributed by atoms with Gasteiger partial charge in [0, 0.05) is 32.3 Å². The van der Waals surface area contributed by atoms with Crippen LogP contribution in [0.5, 0.6) is 0 Å². The number of amides is 2. The third-order valence-corrected chi connectivity index (χ3v) is 3.81. The lowest BCUT2D eigenvalue weighted by atomic mass is 10.0. The van der Waals surface area contributed by atoms with Gasteiger partial charge in [-0.05, 0) is 31.4 Å². The number of carbonyl (C=O) groups excluding carboxylic acids is 2. The first kappa shape index (κ1) is 16.9. The number of aromatic nitrogens is 2. The van der Waals surface area contributed by atoms with Gasteiger partial charge in [-0.3, -0.25) is 9.59 Å². The van der Waals surface area contributed by atoms with E-state index in [1.807, 2.05) is 12.1 Å². The highest BCUT2D eigenvalue weighted by Crippen LogP contribution is 2.16. The van der Waals surface area contributed by atoms with E-state index in [1.165, 1.54) is 6.92 Å². The molecule has 0 aliphatic carbocycles. The van der Waals surface area contributed by atoms with Crippen molar-refractivity contribution >= 4 is 17.6 Å². The summed E-state index contributed by atoms with van der Waals surface area (Å²) < 4.78 is 0. The van der Waals surface area contributed by atoms with Crippen molar-refractivity contribution in [3.63, 3.8) is 0 Å². The van der Waals surface area contributed by atoms with Crippen LogP contribution in [0.3, 0.4) is 0 Å². The number of hydrogen-bond acceptors (Lipinski definition) is 5. The van der Waals surface area contributed by atoms with Gasteiger partial charge in [0.25, 0.3) is 0 Å². The molecule has 2 heterocycles. The van der Waals surface area contributed by atoms with E-state index in [0.29, 0.717) is 19.5 Å². The Bertz CT molecular complexity index is 541. The third kappa shape index (κ3) is 5.05. The van der Waals surface area contributed by atoms with Crippen LogP contribution in [0.2, 0.25) is 0 Å². The van der Waals surface area contributed by atoms with Gasteiger partial charge in [-0.2, -0.15) is 5.10 Å². The average molecular weight is 317 g/mol. The first-order chi connectivity index (χ1) is 11.1. The van der Waals surface area contributed by atoms with Crippen molar-refractivity contribution in [3.8, 4) is 0 Å². The van der Waals surface area contributed by atoms with E-state index in [2.05, 4.69) is 27.4 Å². The van der Waals surface area contributed by atoms with Crippen LogP contribution in [0, 0.1) is 0 Å². The molecule has 1 unspecified atom stereocenters. The van der Waals surface area contributed by atoms with Crippen molar-refractivity contribution in [2.45, 2.75) is 38.3 Å². The first-order valence-electron chi connectivity index (χ1n) is 7.81. The lowest BCUT2D eigenvalue weighted by Crippen LogP contribution is -2.51. The molecule has 0 bridgehead atoms. The summed E-state index contributed by atoms with van der Waals surface area (Å²) in [5.41, 5.74) is 0. The molecular formula is C16H23N5O2. The fourth-order valence-electron chi connectivity index (χ4n) is 2.69. The van der Waals surface area contributed by atoms with Crippen LogP contribution in [0.15, 0.2) is 31.0 Å². The molecule has 1 aromatic rings. The predicted molar refractivity (Wildman–Crippen MR) is 87.7 cm³/mol. The second-order valence-electron chi connectivity index (χ2n) is 5.63. The topological polar surface area (TPSA) is 87.2 Å². The van der Waals surface area contributed by atoms with Gasteiger partial charge in [-0.1, -0.05) is 6.08 Å². The van der Waals surface area contributed by atoms with Crippen molar-refractivity contribution in [1.82, 2.24) is 20.4 Å². The van der Waals surface area contributed by atoms with E-state index in [1.54, 1.807) is 17.2 Å². The third-order valence-electron chi connectivity index (χ3n) is 3.81. The van der Waals surface area contributed by atoms with Crippen molar-refractivity contribution in [3.05, 3.63) is 31.0 Å². The van der Waals surface area contributed by atoms with Crippen LogP contribution < -0.4 is 10.6 Å². The maximum absolute atomic E-state index is 12.5. The highest BCUT2D eigenvalue weighted by molar-refractivity contribution is 5.87. The minimum atomic E-state index is -0.519. The van der Waals surface area contributed by atoms with E-state index >= 15 is 0 Å². The summed E-state index contributed by atoms with van der Waals surface area (Å²) in [6.45, 7) is 6.38. The zero-order valence-corrected chi connectivity index (χ0v) is 13.4. The monoisotopic (exact) mass is 317 g/mol. The molecule has 1 atom stereocenters. The van der Waals surface area contributed by atoms with Crippen molar-refractivity contribution in [2.24, 2.45) is 0 Å². The Morgan fingerprint density at radius 1 is 1.48 bits per heavy atom. The molecule has 1 aliphatic heterocycles. The Morgan fingerprint density at radius 2 is 2.22 bits per heavy atom. The molecule has 2 N–H and O–H groups in total. The summed E-state index contributed by atoms with van der Waals surface area (Å²) in [4.78, 5) is 25.5. The minimum Gasteiger partial charge on any atom is -0.366 e. The molecule has 0 spiro atoms. The van der Waals surface area contributed by atoms with E-state index in [-0.39, 0.29) is 17.9 Å². The Morgan fingerprint density at radius 3 is 2.78 bits per heavy atom. The van der Waals surface area contributed by atoms with Gasteiger partial charge in [-0.15, -0.1) is 11.7 Å². The number of likely N-dealkylation sites (tertiary alicyclic amines) is 1. The molecule has 23 heavy (non-hydrogen) atoms. The predicted octanol–water partition coefficient (Wildman–Crippen LogP) is 0.960. The Balaban J connectivity index is 1.86. The summed E-state index contributed by atoms with van der Waals surface area (Å²) in [5.74, 6) is 0.502. The summed E-state index contributed by atoms with van der Waals surface area (Å²) >= 11 is 0. The number of piperidine rings is 1. The largest absolute Gasteiger partial charge is 0.366 e. The molecular weight excluding hydrogens is 294 g/mol. The maximum Gasteiger partial charge on any atom is 0.245 e. The van der Waals surface area contributed by atoms with Crippen LogP contribution in [0.1, 0.15) is 26.2 Å². The van der Waals surface area contributed by atoms with Crippen LogP contribution in [0.4, 0.5) is 5.82 Å². The molecule has 1 aromatic heterocycles. The van der Waals surface area contributed by atoms with Crippen molar-refractivity contribution < 1.29 is 9.59 Å². The van der Waals surface area contributed by atoms with Gasteiger partial charge in [0.2, 0.25) is 11.8 Å². The van der Waals surface area contributed by atoms with Crippen LogP contribution in [0.25, 0.3) is 0 Å². The van der Waals surface area contributed by atoms with Crippen molar-refractivity contribution in [2.75, 3.05) is 18.4 Å². The molecule has 124 valence electrons. The molecule has 0 aromatic carbocycles. The van der Waals surface area contributed by atoms with Gasteiger partial charge in [0.05, 0.1) is 0 Å². The normalized spacial score (nSPS) is 16.5. The maximum atomic E-state index is 12.5. The van der Waals surface area contributed by atoms with Gasteiger partial charge in [-0.25, -0.2) is 0 Å². The lowest BCUT2D eigenvalue weighted by Gasteiger charge is -2.34. The van der Waals surface area contributed by atoms with E-state index in [9.17, 15) is 9.59 Å². The van der Waals surface area contributed by atoms with E-state index in [0.717, 1.165) is 18.7 Å². The Kier molecular flexibility index (Phi) is 6.08. The Labute approximate surface area is 136 Å². The second-order valence-corrected chi connectivity index (χ2v) is 5.63. The van der Waals surface area contributed by atoms with E-state index in [4.69, 9.17) is 0 Å². The molecule has 0 saturated carbocycles. The molecule has 0 radical (unpaired) electrons. The number of carbonyl (C=O) groups is 2. The summed E-state index contributed by atoms with van der Waals surface area (Å²) in [6.07, 6.45) is 5.40. The van der Waals surface area contributed by atoms with Crippen LogP contribution in [-0.2, 0) is 9.59 Å². The second kappa shape index (κ2) is 8.26. The van der Waals surface area contributed by atoms with Crippen molar-refractivity contribution in [1.29, 1.82) is 0 Å². The van der Waals surface area contributed by atoms with Crippen LogP contribution in [-0.4, -0.2) is 52.1 Å². The molecule has 2 amide bonds. The van der Waals surface area contributed by atoms with Gasteiger partial charge in [0.1, 0.15) is 11.9 Å². The smallest absolute Gasteiger partial charge is 0.245 e. The van der Waals surface area contributed by atoms with E-state index < -0.39 is 6.04 Å². The molecule has 1 saturated heterocycles. The number of nitrogens with zero attached hydrogens (tertiary/aromatic N) is 3. The minimum absolute atomic E-state index is 0.0435. The zero-order valence-electron chi connectivity index (χ0n) is 13.4. The molecule has 1 fully saturated rings. The first-order valence-corrected chi connectivity index (χ1v) is 7.81.